The molecule has 1 aromatic rings. The fourth-order valence-electron chi connectivity index (χ4n) is 3.06. The lowest BCUT2D eigenvalue weighted by Crippen LogP contribution is -2.49. The number of hydrogen-bond donors (Lipinski definition) is 1. The smallest absolute Gasteiger partial charge is 0.0512 e. The molecular formula is C15H26N4. The Bertz CT molecular complexity index is 377. The number of piperidine rings is 1. The zero-order valence-corrected chi connectivity index (χ0v) is 12.3. The Hall–Kier alpha value is -0.970. The molecular weight excluding hydrogens is 236 g/mol. The number of likely N-dealkylation sites (N-methyl/N-ethyl adjacent to an activating group) is 1. The van der Waals surface area contributed by atoms with Gasteiger partial charge in [0.1, 0.15) is 0 Å². The van der Waals surface area contributed by atoms with Gasteiger partial charge in [-0.3, -0.25) is 9.88 Å². The quantitative estimate of drug-likeness (QED) is 0.893. The highest BCUT2D eigenvalue weighted by Crippen LogP contribution is 2.27. The van der Waals surface area contributed by atoms with Crippen molar-refractivity contribution in [2.45, 2.75) is 37.9 Å². The van der Waals surface area contributed by atoms with E-state index in [-0.39, 0.29) is 12.1 Å². The molecule has 1 fully saturated rings. The van der Waals surface area contributed by atoms with E-state index in [1.807, 2.05) is 18.5 Å². The lowest BCUT2D eigenvalue weighted by Gasteiger charge is -2.42. The molecule has 1 aliphatic rings. The molecule has 19 heavy (non-hydrogen) atoms. The van der Waals surface area contributed by atoms with E-state index in [0.29, 0.717) is 6.04 Å². The van der Waals surface area contributed by atoms with Crippen molar-refractivity contribution in [3.8, 4) is 0 Å². The van der Waals surface area contributed by atoms with Gasteiger partial charge in [0.15, 0.2) is 0 Å². The Morgan fingerprint density at radius 3 is 2.84 bits per heavy atom. The second-order valence-electron chi connectivity index (χ2n) is 5.84. The predicted octanol–water partition coefficient (Wildman–Crippen LogP) is 1.50. The van der Waals surface area contributed by atoms with Crippen molar-refractivity contribution in [1.29, 1.82) is 0 Å². The summed E-state index contributed by atoms with van der Waals surface area (Å²) in [4.78, 5) is 9.09. The summed E-state index contributed by atoms with van der Waals surface area (Å²) in [5.41, 5.74) is 7.47. The Balaban J connectivity index is 2.15. The Morgan fingerprint density at radius 1 is 1.47 bits per heavy atom. The first-order valence-corrected chi connectivity index (χ1v) is 7.15. The standard InChI is InChI=1S/C15H26N4/c1-12(16)15(13-6-4-8-17-10-13)19-9-5-7-14(11-19)18(2)3/h4,6,8,10,12,14-15H,5,7,9,11,16H2,1-3H3. The maximum Gasteiger partial charge on any atom is 0.0512 e. The van der Waals surface area contributed by atoms with E-state index in [0.717, 1.165) is 13.1 Å². The normalized spacial score (nSPS) is 24.4. The summed E-state index contributed by atoms with van der Waals surface area (Å²) in [5.74, 6) is 0. The topological polar surface area (TPSA) is 45.4 Å². The van der Waals surface area contributed by atoms with Crippen molar-refractivity contribution in [3.05, 3.63) is 30.1 Å². The number of nitrogens with two attached hydrogens (primary N) is 1. The first kappa shape index (κ1) is 14.4. The van der Waals surface area contributed by atoms with Crippen LogP contribution in [0.4, 0.5) is 0 Å². The number of nitrogens with zero attached hydrogens (tertiary/aromatic N) is 3. The lowest BCUT2D eigenvalue weighted by molar-refractivity contribution is 0.0863. The van der Waals surface area contributed by atoms with E-state index >= 15 is 0 Å². The van der Waals surface area contributed by atoms with Gasteiger partial charge >= 0.3 is 0 Å². The van der Waals surface area contributed by atoms with Crippen molar-refractivity contribution in [3.63, 3.8) is 0 Å². The first-order valence-electron chi connectivity index (χ1n) is 7.15. The summed E-state index contributed by atoms with van der Waals surface area (Å²) < 4.78 is 0. The zero-order chi connectivity index (χ0) is 13.8. The molecule has 0 amide bonds. The summed E-state index contributed by atoms with van der Waals surface area (Å²) in [5, 5.41) is 0. The maximum absolute atomic E-state index is 6.24. The molecule has 1 saturated heterocycles. The highest BCUT2D eigenvalue weighted by Gasteiger charge is 2.29. The molecule has 0 aliphatic carbocycles. The Kier molecular flexibility index (Phi) is 4.91. The number of hydrogen-bond acceptors (Lipinski definition) is 4. The molecule has 1 aliphatic heterocycles. The predicted molar refractivity (Wildman–Crippen MR) is 78.9 cm³/mol. The van der Waals surface area contributed by atoms with Crippen LogP contribution in [0.1, 0.15) is 31.4 Å². The van der Waals surface area contributed by atoms with E-state index in [4.69, 9.17) is 5.73 Å². The van der Waals surface area contributed by atoms with Crippen LogP contribution in [0, 0.1) is 0 Å². The van der Waals surface area contributed by atoms with Crippen molar-refractivity contribution in [2.75, 3.05) is 27.2 Å². The molecule has 0 saturated carbocycles. The van der Waals surface area contributed by atoms with Crippen LogP contribution in [-0.4, -0.2) is 54.1 Å². The SMILES string of the molecule is CC(N)C(c1cccnc1)N1CCCC(N(C)C)C1. The minimum absolute atomic E-state index is 0.116. The van der Waals surface area contributed by atoms with Crippen LogP contribution in [0.3, 0.4) is 0 Å². The molecule has 0 radical (unpaired) electrons. The number of likely N-dealkylation sites (tertiary alicyclic amines) is 1. The van der Waals surface area contributed by atoms with Gasteiger partial charge in [-0.15, -0.1) is 0 Å². The van der Waals surface area contributed by atoms with Gasteiger partial charge in [0, 0.05) is 31.0 Å². The highest BCUT2D eigenvalue weighted by molar-refractivity contribution is 5.16. The third-order valence-corrected chi connectivity index (χ3v) is 4.08. The summed E-state index contributed by atoms with van der Waals surface area (Å²) in [6.45, 7) is 4.32. The summed E-state index contributed by atoms with van der Waals surface area (Å²) in [6, 6.07) is 5.16. The van der Waals surface area contributed by atoms with Crippen LogP contribution >= 0.6 is 0 Å². The number of pyridine rings is 1. The van der Waals surface area contributed by atoms with Crippen molar-refractivity contribution < 1.29 is 0 Å². The van der Waals surface area contributed by atoms with E-state index in [2.05, 4.69) is 41.9 Å². The lowest BCUT2D eigenvalue weighted by atomic mass is 9.96. The molecule has 0 aromatic carbocycles. The van der Waals surface area contributed by atoms with E-state index in [1.54, 1.807) is 0 Å². The zero-order valence-electron chi connectivity index (χ0n) is 12.3. The molecule has 1 aromatic heterocycles. The van der Waals surface area contributed by atoms with Crippen LogP contribution in [0.2, 0.25) is 0 Å². The Morgan fingerprint density at radius 2 is 2.26 bits per heavy atom. The fourth-order valence-corrected chi connectivity index (χ4v) is 3.06. The molecule has 0 spiro atoms. The van der Waals surface area contributed by atoms with E-state index < -0.39 is 0 Å². The van der Waals surface area contributed by atoms with Crippen LogP contribution in [0.15, 0.2) is 24.5 Å². The van der Waals surface area contributed by atoms with Crippen LogP contribution < -0.4 is 5.73 Å². The monoisotopic (exact) mass is 262 g/mol. The maximum atomic E-state index is 6.24. The molecule has 2 heterocycles. The average molecular weight is 262 g/mol. The van der Waals surface area contributed by atoms with Crippen molar-refractivity contribution in [1.82, 2.24) is 14.8 Å². The number of aromatic nitrogens is 1. The van der Waals surface area contributed by atoms with Crippen molar-refractivity contribution >= 4 is 0 Å². The van der Waals surface area contributed by atoms with Gasteiger partial charge in [-0.25, -0.2) is 0 Å². The molecule has 4 heteroatoms. The van der Waals surface area contributed by atoms with Crippen molar-refractivity contribution in [2.24, 2.45) is 5.73 Å². The second kappa shape index (κ2) is 6.46. The van der Waals surface area contributed by atoms with Gasteiger partial charge in [-0.2, -0.15) is 0 Å². The van der Waals surface area contributed by atoms with E-state index in [9.17, 15) is 0 Å². The molecule has 106 valence electrons. The minimum atomic E-state index is 0.116. The summed E-state index contributed by atoms with van der Waals surface area (Å²) in [6.07, 6.45) is 6.29. The van der Waals surface area contributed by atoms with E-state index in [1.165, 1.54) is 18.4 Å². The molecule has 2 rings (SSSR count). The third kappa shape index (κ3) is 3.53. The molecule has 2 N–H and O–H groups in total. The highest BCUT2D eigenvalue weighted by atomic mass is 15.2. The van der Waals surface area contributed by atoms with Gasteiger partial charge in [0.2, 0.25) is 0 Å². The van der Waals surface area contributed by atoms with Gasteiger partial charge < -0.3 is 10.6 Å². The molecule has 4 nitrogen and oxygen atoms in total. The average Bonchev–Trinajstić information content (AvgIpc) is 2.40. The molecule has 3 unspecified atom stereocenters. The largest absolute Gasteiger partial charge is 0.326 e. The molecule has 3 atom stereocenters. The minimum Gasteiger partial charge on any atom is -0.326 e. The van der Waals surface area contributed by atoms with Crippen LogP contribution in [-0.2, 0) is 0 Å². The fraction of sp³-hybridized carbons (Fsp3) is 0.667. The second-order valence-corrected chi connectivity index (χ2v) is 5.84. The molecule has 0 bridgehead atoms. The Labute approximate surface area is 116 Å². The van der Waals surface area contributed by atoms with Crippen LogP contribution in [0.25, 0.3) is 0 Å². The van der Waals surface area contributed by atoms with Gasteiger partial charge in [0.25, 0.3) is 0 Å². The van der Waals surface area contributed by atoms with Gasteiger partial charge in [-0.1, -0.05) is 6.07 Å². The van der Waals surface area contributed by atoms with Gasteiger partial charge in [0.05, 0.1) is 6.04 Å². The first-order chi connectivity index (χ1) is 9.09. The third-order valence-electron chi connectivity index (χ3n) is 4.08. The van der Waals surface area contributed by atoms with Gasteiger partial charge in [-0.05, 0) is 52.0 Å². The summed E-state index contributed by atoms with van der Waals surface area (Å²) in [7, 11) is 4.33. The summed E-state index contributed by atoms with van der Waals surface area (Å²) >= 11 is 0. The number of rotatable bonds is 4. The van der Waals surface area contributed by atoms with Crippen LogP contribution in [0.5, 0.6) is 0 Å².